The summed E-state index contributed by atoms with van der Waals surface area (Å²) in [4.78, 5) is 28.5. The van der Waals surface area contributed by atoms with E-state index in [-0.39, 0.29) is 18.4 Å². The van der Waals surface area contributed by atoms with Crippen molar-refractivity contribution in [1.82, 2.24) is 20.0 Å². The molecule has 2 heterocycles. The Balaban J connectivity index is 2.20. The fourth-order valence-corrected chi connectivity index (χ4v) is 3.51. The molecule has 1 atom stereocenters. The molecule has 1 aromatic carbocycles. The summed E-state index contributed by atoms with van der Waals surface area (Å²) in [5.41, 5.74) is 2.71. The monoisotopic (exact) mass is 361 g/mol. The van der Waals surface area contributed by atoms with Crippen LogP contribution in [-0.2, 0) is 11.8 Å². The lowest BCUT2D eigenvalue weighted by Gasteiger charge is -2.43. The van der Waals surface area contributed by atoms with Gasteiger partial charge in [-0.2, -0.15) is 5.10 Å². The molecular weight excluding hydrogens is 342 g/mol. The predicted octanol–water partition coefficient (Wildman–Crippen LogP) is 1.72. The Hall–Kier alpha value is -2.54. The van der Waals surface area contributed by atoms with Crippen LogP contribution in [-0.4, -0.2) is 47.1 Å². The number of anilines is 1. The molecule has 3 rings (SSSR count). The Bertz CT molecular complexity index is 848. The van der Waals surface area contributed by atoms with Gasteiger partial charge in [-0.3, -0.25) is 14.3 Å². The maximum atomic E-state index is 12.9. The normalized spacial score (nSPS) is 16.8. The number of hydrogen-bond donors (Lipinski definition) is 1. The van der Waals surface area contributed by atoms with E-state index in [0.717, 1.165) is 11.3 Å². The van der Waals surface area contributed by atoms with Gasteiger partial charge in [0.25, 0.3) is 5.91 Å². The molecule has 0 saturated heterocycles. The van der Waals surface area contributed by atoms with E-state index in [1.165, 1.54) is 0 Å². The Morgan fingerprint density at radius 1 is 1.32 bits per heavy atom. The first-order chi connectivity index (χ1) is 11.9. The van der Waals surface area contributed by atoms with Crippen molar-refractivity contribution in [2.24, 2.45) is 7.05 Å². The number of fused-ring (bicyclic) bond motifs is 1. The molecule has 2 amide bonds. The molecule has 0 fully saturated rings. The number of nitrogens with zero attached hydrogens (tertiary/aromatic N) is 4. The zero-order valence-electron chi connectivity index (χ0n) is 14.6. The van der Waals surface area contributed by atoms with Gasteiger partial charge in [0.05, 0.1) is 29.1 Å². The number of nitrogens with one attached hydrogen (secondary N) is 1. The van der Waals surface area contributed by atoms with Crippen LogP contribution in [0.4, 0.5) is 5.69 Å². The van der Waals surface area contributed by atoms with Gasteiger partial charge in [-0.1, -0.05) is 23.7 Å². The molecule has 1 unspecified atom stereocenters. The van der Waals surface area contributed by atoms with Gasteiger partial charge >= 0.3 is 0 Å². The Morgan fingerprint density at radius 3 is 2.60 bits per heavy atom. The number of hydrogen-bond acceptors (Lipinski definition) is 4. The van der Waals surface area contributed by atoms with E-state index >= 15 is 0 Å². The number of halogens is 1. The highest BCUT2D eigenvalue weighted by molar-refractivity contribution is 6.30. The number of aryl methyl sites for hydroxylation is 2. The second kappa shape index (κ2) is 6.40. The summed E-state index contributed by atoms with van der Waals surface area (Å²) in [6.07, 6.45) is -0.513. The van der Waals surface area contributed by atoms with Gasteiger partial charge < -0.3 is 15.1 Å². The van der Waals surface area contributed by atoms with Gasteiger partial charge in [0.2, 0.25) is 5.91 Å². The van der Waals surface area contributed by atoms with E-state index in [1.54, 1.807) is 36.8 Å². The topological polar surface area (TPSA) is 70.5 Å². The summed E-state index contributed by atoms with van der Waals surface area (Å²) in [5, 5.41) is 7.44. The maximum absolute atomic E-state index is 12.9. The fraction of sp³-hybridized carbons (Fsp3) is 0.353. The van der Waals surface area contributed by atoms with Crippen LogP contribution >= 0.6 is 11.6 Å². The quantitative estimate of drug-likeness (QED) is 0.903. The predicted molar refractivity (Wildman–Crippen MR) is 95.6 cm³/mol. The van der Waals surface area contributed by atoms with Crippen LogP contribution in [0.25, 0.3) is 0 Å². The second-order valence-electron chi connectivity index (χ2n) is 6.02. The summed E-state index contributed by atoms with van der Waals surface area (Å²) in [6.45, 7) is 1.94. The summed E-state index contributed by atoms with van der Waals surface area (Å²) in [5.74, 6) is -0.270. The summed E-state index contributed by atoms with van der Waals surface area (Å²) >= 11 is 6.46. The second-order valence-corrected chi connectivity index (χ2v) is 6.38. The van der Waals surface area contributed by atoms with Gasteiger partial charge in [0, 0.05) is 21.1 Å². The van der Waals surface area contributed by atoms with Gasteiger partial charge in [-0.25, -0.2) is 0 Å². The molecule has 0 spiro atoms. The van der Waals surface area contributed by atoms with Crippen molar-refractivity contribution in [2.45, 2.75) is 13.1 Å². The van der Waals surface area contributed by atoms with Crippen molar-refractivity contribution in [3.05, 3.63) is 46.2 Å². The average molecular weight is 362 g/mol. The molecule has 8 heteroatoms. The Kier molecular flexibility index (Phi) is 4.43. The third kappa shape index (κ3) is 2.74. The molecule has 0 radical (unpaired) electrons. The molecule has 1 aromatic heterocycles. The molecule has 2 aromatic rings. The van der Waals surface area contributed by atoms with Crippen LogP contribution in [0, 0.1) is 6.92 Å². The first-order valence-corrected chi connectivity index (χ1v) is 8.27. The molecule has 25 heavy (non-hydrogen) atoms. The van der Waals surface area contributed by atoms with Crippen molar-refractivity contribution in [2.75, 3.05) is 25.5 Å². The smallest absolute Gasteiger partial charge is 0.257 e. The van der Waals surface area contributed by atoms with Gasteiger partial charge in [0.1, 0.15) is 11.3 Å². The van der Waals surface area contributed by atoms with Crippen LogP contribution in [0.15, 0.2) is 24.3 Å². The van der Waals surface area contributed by atoms with E-state index in [9.17, 15) is 9.59 Å². The summed E-state index contributed by atoms with van der Waals surface area (Å²) in [7, 11) is 5.05. The molecule has 1 aliphatic rings. The molecule has 132 valence electrons. The molecule has 7 nitrogen and oxygen atoms in total. The molecule has 0 aliphatic carbocycles. The van der Waals surface area contributed by atoms with E-state index in [0.29, 0.717) is 16.4 Å². The van der Waals surface area contributed by atoms with Crippen LogP contribution < -0.4 is 10.2 Å². The lowest BCUT2D eigenvalue weighted by Crippen LogP contribution is -2.50. The van der Waals surface area contributed by atoms with E-state index in [4.69, 9.17) is 11.6 Å². The zero-order valence-corrected chi connectivity index (χ0v) is 15.3. The number of rotatable bonds is 3. The highest BCUT2D eigenvalue weighted by atomic mass is 35.5. The van der Waals surface area contributed by atoms with E-state index in [2.05, 4.69) is 10.4 Å². The minimum absolute atomic E-state index is 0.0977. The number of amides is 2. The van der Waals surface area contributed by atoms with Gasteiger partial charge in [-0.15, -0.1) is 0 Å². The number of para-hydroxylation sites is 1. The van der Waals surface area contributed by atoms with Crippen molar-refractivity contribution in [3.8, 4) is 0 Å². The Labute approximate surface area is 151 Å². The van der Waals surface area contributed by atoms with Crippen LogP contribution in [0.5, 0.6) is 0 Å². The number of benzene rings is 1. The van der Waals surface area contributed by atoms with E-state index < -0.39 is 6.17 Å². The minimum Gasteiger partial charge on any atom is -0.358 e. The van der Waals surface area contributed by atoms with Gasteiger partial charge in [-0.05, 0) is 19.1 Å². The molecule has 1 aliphatic heterocycles. The highest BCUT2D eigenvalue weighted by Crippen LogP contribution is 2.40. The fourth-order valence-electron chi connectivity index (χ4n) is 3.24. The van der Waals surface area contributed by atoms with Crippen LogP contribution in [0.2, 0.25) is 5.15 Å². The molecular formula is C17H20ClN5O2. The number of carbonyl (C=O) groups is 2. The van der Waals surface area contributed by atoms with Crippen molar-refractivity contribution >= 4 is 29.1 Å². The third-order valence-electron chi connectivity index (χ3n) is 4.47. The largest absolute Gasteiger partial charge is 0.358 e. The van der Waals surface area contributed by atoms with E-state index in [1.807, 2.05) is 30.0 Å². The first-order valence-electron chi connectivity index (χ1n) is 7.89. The summed E-state index contributed by atoms with van der Waals surface area (Å²) < 4.78 is 1.57. The van der Waals surface area contributed by atoms with Crippen molar-refractivity contribution < 1.29 is 9.59 Å². The van der Waals surface area contributed by atoms with Crippen LogP contribution in [0.3, 0.4) is 0 Å². The van der Waals surface area contributed by atoms with Gasteiger partial charge in [0.15, 0.2) is 0 Å². The lowest BCUT2D eigenvalue weighted by molar-refractivity contribution is -0.119. The average Bonchev–Trinajstić information content (AvgIpc) is 2.85. The third-order valence-corrected chi connectivity index (χ3v) is 4.92. The van der Waals surface area contributed by atoms with Crippen molar-refractivity contribution in [1.29, 1.82) is 0 Å². The zero-order chi connectivity index (χ0) is 18.3. The standard InChI is InChI=1S/C17H20ClN5O2/c1-10-14(15(18)22(4)20-10)16-21(3)17(25)11-7-5-6-8-12(11)23(16)9-13(24)19-2/h5-8,16H,9H2,1-4H3,(H,19,24). The lowest BCUT2D eigenvalue weighted by atomic mass is 10.0. The molecule has 0 saturated carbocycles. The maximum Gasteiger partial charge on any atom is 0.257 e. The van der Waals surface area contributed by atoms with Crippen LogP contribution in [0.1, 0.15) is 27.8 Å². The number of likely N-dealkylation sites (N-methyl/N-ethyl adjacent to an activating group) is 1. The number of carbonyl (C=O) groups excluding carboxylic acids is 2. The SMILES string of the molecule is CNC(=O)CN1c2ccccc2C(=O)N(C)C1c1c(C)nn(C)c1Cl. The molecule has 0 bridgehead atoms. The highest BCUT2D eigenvalue weighted by Gasteiger charge is 2.40. The van der Waals surface area contributed by atoms with Crippen molar-refractivity contribution in [3.63, 3.8) is 0 Å². The minimum atomic E-state index is -0.513. The number of aromatic nitrogens is 2. The molecule has 1 N–H and O–H groups in total. The summed E-state index contributed by atoms with van der Waals surface area (Å²) in [6, 6.07) is 7.27. The first kappa shape index (κ1) is 17.3. The Morgan fingerprint density at radius 2 is 2.00 bits per heavy atom.